The molecule has 23 heavy (non-hydrogen) atoms. The Morgan fingerprint density at radius 3 is 2.26 bits per heavy atom. The molecular formula is C18H24N2O3. The zero-order chi connectivity index (χ0) is 16.7. The molecule has 0 aliphatic carbocycles. The monoisotopic (exact) mass is 316 g/mol. The second-order valence-electron chi connectivity index (χ2n) is 7.55. The normalized spacial score (nSPS) is 20.3. The number of likely N-dealkylation sites (tertiary alicyclic amines) is 1. The first-order valence-electron chi connectivity index (χ1n) is 8.16. The summed E-state index contributed by atoms with van der Waals surface area (Å²) in [6, 6.07) is 7.87. The van der Waals surface area contributed by atoms with Gasteiger partial charge in [-0.2, -0.15) is 0 Å². The van der Waals surface area contributed by atoms with Gasteiger partial charge in [-0.15, -0.1) is 0 Å². The number of amides is 2. The van der Waals surface area contributed by atoms with E-state index in [1.807, 2.05) is 29.2 Å². The molecule has 3 rings (SSSR count). The van der Waals surface area contributed by atoms with Crippen LogP contribution in [-0.2, 0) is 10.2 Å². The maximum Gasteiger partial charge on any atom is 0.407 e. The van der Waals surface area contributed by atoms with E-state index in [0.29, 0.717) is 32.5 Å². The van der Waals surface area contributed by atoms with Crippen LogP contribution in [0.2, 0.25) is 0 Å². The lowest BCUT2D eigenvalue weighted by atomic mass is 9.86. The van der Waals surface area contributed by atoms with Crippen molar-refractivity contribution in [1.82, 2.24) is 10.2 Å². The van der Waals surface area contributed by atoms with Crippen molar-refractivity contribution in [3.05, 3.63) is 35.4 Å². The van der Waals surface area contributed by atoms with Crippen molar-refractivity contribution in [1.29, 1.82) is 0 Å². The van der Waals surface area contributed by atoms with Crippen molar-refractivity contribution >= 4 is 12.0 Å². The van der Waals surface area contributed by atoms with Gasteiger partial charge in [-0.25, -0.2) is 4.79 Å². The number of ether oxygens (including phenoxy) is 1. The minimum atomic E-state index is -0.413. The molecule has 1 N–H and O–H groups in total. The zero-order valence-electron chi connectivity index (χ0n) is 14.0. The van der Waals surface area contributed by atoms with Crippen LogP contribution >= 0.6 is 0 Å². The first kappa shape index (κ1) is 15.8. The number of hydrogen-bond acceptors (Lipinski definition) is 3. The Labute approximate surface area is 137 Å². The van der Waals surface area contributed by atoms with E-state index < -0.39 is 5.60 Å². The van der Waals surface area contributed by atoms with Crippen molar-refractivity contribution in [2.75, 3.05) is 19.6 Å². The van der Waals surface area contributed by atoms with Gasteiger partial charge in [-0.3, -0.25) is 4.79 Å². The van der Waals surface area contributed by atoms with E-state index in [1.54, 1.807) is 0 Å². The first-order chi connectivity index (χ1) is 10.8. The second kappa shape index (κ2) is 5.55. The van der Waals surface area contributed by atoms with Crippen LogP contribution in [0.3, 0.4) is 0 Å². The van der Waals surface area contributed by atoms with Crippen LogP contribution in [0, 0.1) is 0 Å². The highest BCUT2D eigenvalue weighted by atomic mass is 16.6. The molecule has 2 fully saturated rings. The van der Waals surface area contributed by atoms with Crippen molar-refractivity contribution < 1.29 is 14.3 Å². The molecule has 2 heterocycles. The minimum Gasteiger partial charge on any atom is -0.441 e. The van der Waals surface area contributed by atoms with Gasteiger partial charge in [0.05, 0.1) is 6.54 Å². The molecule has 2 aliphatic rings. The molecule has 1 spiro atoms. The molecule has 2 amide bonds. The Morgan fingerprint density at radius 2 is 1.78 bits per heavy atom. The summed E-state index contributed by atoms with van der Waals surface area (Å²) in [4.78, 5) is 25.7. The average Bonchev–Trinajstić information content (AvgIpc) is 2.87. The summed E-state index contributed by atoms with van der Waals surface area (Å²) in [6.45, 7) is 8.26. The standard InChI is InChI=1S/C18H24N2O3/c1-17(2,3)14-6-4-13(5-7-14)15(21)20-10-8-18(9-11-20)12-19-16(22)23-18/h4-7H,8-12H2,1-3H3,(H,19,22). The number of alkyl carbamates (subject to hydrolysis) is 1. The van der Waals surface area contributed by atoms with Gasteiger partial charge in [0, 0.05) is 31.5 Å². The number of hydrogen-bond donors (Lipinski definition) is 1. The lowest BCUT2D eigenvalue weighted by Crippen LogP contribution is -2.48. The van der Waals surface area contributed by atoms with Gasteiger partial charge in [-0.05, 0) is 23.1 Å². The molecule has 2 saturated heterocycles. The molecule has 0 atom stereocenters. The van der Waals surface area contributed by atoms with Crippen molar-refractivity contribution in [2.45, 2.75) is 44.6 Å². The van der Waals surface area contributed by atoms with Crippen LogP contribution in [-0.4, -0.2) is 42.1 Å². The van der Waals surface area contributed by atoms with Gasteiger partial charge >= 0.3 is 6.09 Å². The summed E-state index contributed by atoms with van der Waals surface area (Å²) in [5, 5.41) is 2.71. The molecule has 1 aromatic carbocycles. The van der Waals surface area contributed by atoms with Crippen LogP contribution in [0.25, 0.3) is 0 Å². The fourth-order valence-corrected chi connectivity index (χ4v) is 3.19. The summed E-state index contributed by atoms with van der Waals surface area (Å²) in [5.41, 5.74) is 1.61. The molecule has 0 radical (unpaired) electrons. The van der Waals surface area contributed by atoms with Crippen LogP contribution < -0.4 is 5.32 Å². The Bertz CT molecular complexity index is 608. The Hall–Kier alpha value is -2.04. The largest absolute Gasteiger partial charge is 0.441 e. The van der Waals surface area contributed by atoms with E-state index in [1.165, 1.54) is 5.56 Å². The van der Waals surface area contributed by atoms with Gasteiger partial charge in [0.15, 0.2) is 0 Å². The molecule has 5 nitrogen and oxygen atoms in total. The molecule has 2 aliphatic heterocycles. The van der Waals surface area contributed by atoms with Crippen molar-refractivity contribution in [3.8, 4) is 0 Å². The van der Waals surface area contributed by atoms with Gasteiger partial charge < -0.3 is 15.0 Å². The third kappa shape index (κ3) is 3.19. The molecule has 124 valence electrons. The van der Waals surface area contributed by atoms with Crippen molar-refractivity contribution in [3.63, 3.8) is 0 Å². The lowest BCUT2D eigenvalue weighted by molar-refractivity contribution is 0.00331. The summed E-state index contributed by atoms with van der Waals surface area (Å²) >= 11 is 0. The Morgan fingerprint density at radius 1 is 1.17 bits per heavy atom. The Kier molecular flexibility index (Phi) is 3.82. The highest BCUT2D eigenvalue weighted by Gasteiger charge is 2.43. The third-order valence-corrected chi connectivity index (χ3v) is 4.82. The Balaban J connectivity index is 1.64. The summed E-state index contributed by atoms with van der Waals surface area (Å²) in [7, 11) is 0. The number of nitrogens with zero attached hydrogens (tertiary/aromatic N) is 1. The van der Waals surface area contributed by atoms with Gasteiger partial charge in [0.1, 0.15) is 5.60 Å². The molecule has 0 saturated carbocycles. The third-order valence-electron chi connectivity index (χ3n) is 4.82. The summed E-state index contributed by atoms with van der Waals surface area (Å²) in [5.74, 6) is 0.0533. The number of carbonyl (C=O) groups excluding carboxylic acids is 2. The lowest BCUT2D eigenvalue weighted by Gasteiger charge is -2.37. The molecular weight excluding hydrogens is 292 g/mol. The van der Waals surface area contributed by atoms with E-state index in [0.717, 1.165) is 5.56 Å². The van der Waals surface area contributed by atoms with Gasteiger partial charge in [0.25, 0.3) is 5.91 Å². The molecule has 0 aromatic heterocycles. The maximum absolute atomic E-state index is 12.6. The molecule has 0 bridgehead atoms. The molecule has 5 heteroatoms. The number of piperidine rings is 1. The van der Waals surface area contributed by atoms with E-state index in [-0.39, 0.29) is 17.4 Å². The van der Waals surface area contributed by atoms with Gasteiger partial charge in [0.2, 0.25) is 0 Å². The highest BCUT2D eigenvalue weighted by molar-refractivity contribution is 5.94. The highest BCUT2D eigenvalue weighted by Crippen LogP contribution is 2.30. The predicted molar refractivity (Wildman–Crippen MR) is 87.5 cm³/mol. The van der Waals surface area contributed by atoms with E-state index in [9.17, 15) is 9.59 Å². The summed E-state index contributed by atoms with van der Waals surface area (Å²) < 4.78 is 5.39. The fourth-order valence-electron chi connectivity index (χ4n) is 3.19. The van der Waals surface area contributed by atoms with Crippen molar-refractivity contribution in [2.24, 2.45) is 0 Å². The molecule has 0 unspecified atom stereocenters. The van der Waals surface area contributed by atoms with E-state index >= 15 is 0 Å². The quantitative estimate of drug-likeness (QED) is 0.866. The SMILES string of the molecule is CC(C)(C)c1ccc(C(=O)N2CCC3(CC2)CNC(=O)O3)cc1. The number of carbonyl (C=O) groups is 2. The maximum atomic E-state index is 12.6. The average molecular weight is 316 g/mol. The number of benzene rings is 1. The van der Waals surface area contributed by atoms with Crippen LogP contribution in [0.4, 0.5) is 4.79 Å². The summed E-state index contributed by atoms with van der Waals surface area (Å²) in [6.07, 6.45) is 1.04. The fraction of sp³-hybridized carbons (Fsp3) is 0.556. The van der Waals surface area contributed by atoms with E-state index in [2.05, 4.69) is 26.1 Å². The first-order valence-corrected chi connectivity index (χ1v) is 8.16. The topological polar surface area (TPSA) is 58.6 Å². The minimum absolute atomic E-state index is 0.0533. The van der Waals surface area contributed by atoms with Crippen LogP contribution in [0.1, 0.15) is 49.5 Å². The van der Waals surface area contributed by atoms with Crippen LogP contribution in [0.5, 0.6) is 0 Å². The van der Waals surface area contributed by atoms with Crippen LogP contribution in [0.15, 0.2) is 24.3 Å². The number of rotatable bonds is 1. The second-order valence-corrected chi connectivity index (χ2v) is 7.55. The number of nitrogens with one attached hydrogen (secondary N) is 1. The predicted octanol–water partition coefficient (Wildman–Crippen LogP) is 2.70. The smallest absolute Gasteiger partial charge is 0.407 e. The van der Waals surface area contributed by atoms with Gasteiger partial charge in [-0.1, -0.05) is 32.9 Å². The van der Waals surface area contributed by atoms with E-state index in [4.69, 9.17) is 4.74 Å². The zero-order valence-corrected chi connectivity index (χ0v) is 14.0. The molecule has 1 aromatic rings.